The first-order valence-electron chi connectivity index (χ1n) is 6.28. The molecular weight excluding hydrogens is 252 g/mol. The summed E-state index contributed by atoms with van der Waals surface area (Å²) in [6.07, 6.45) is 0. The summed E-state index contributed by atoms with van der Waals surface area (Å²) in [4.78, 5) is 16.7. The Bertz CT molecular complexity index is 667. The van der Waals surface area contributed by atoms with Crippen molar-refractivity contribution in [2.75, 3.05) is 12.4 Å². The second-order valence-corrected chi connectivity index (χ2v) is 4.44. The Labute approximate surface area is 116 Å². The second-order valence-electron chi connectivity index (χ2n) is 4.44. The number of anilines is 1. The molecule has 0 radical (unpaired) electrons. The summed E-state index contributed by atoms with van der Waals surface area (Å²) < 4.78 is 0. The Kier molecular flexibility index (Phi) is 3.09. The van der Waals surface area contributed by atoms with Gasteiger partial charge in [-0.15, -0.1) is 0 Å². The van der Waals surface area contributed by atoms with Gasteiger partial charge in [0.25, 0.3) is 5.91 Å². The third-order valence-electron chi connectivity index (χ3n) is 2.98. The molecule has 0 saturated heterocycles. The van der Waals surface area contributed by atoms with Crippen LogP contribution in [0.1, 0.15) is 10.4 Å². The molecule has 0 aliphatic carbocycles. The molecule has 1 aliphatic rings. The van der Waals surface area contributed by atoms with Gasteiger partial charge in [-0.2, -0.15) is 0 Å². The van der Waals surface area contributed by atoms with Gasteiger partial charge < -0.3 is 5.32 Å². The van der Waals surface area contributed by atoms with E-state index in [2.05, 4.69) is 15.7 Å². The zero-order valence-corrected chi connectivity index (χ0v) is 11.0. The number of amides is 1. The summed E-state index contributed by atoms with van der Waals surface area (Å²) in [6, 6.07) is 17.0. The van der Waals surface area contributed by atoms with Crippen LogP contribution < -0.4 is 10.7 Å². The number of guanidine groups is 1. The molecule has 2 N–H and O–H groups in total. The SMILES string of the molecule is CN1NC(Nc2ccccc2)=Nc2ccccc2C1=O. The average Bonchev–Trinajstić information content (AvgIpc) is 2.58. The van der Waals surface area contributed by atoms with Crippen LogP contribution in [0.4, 0.5) is 11.4 Å². The van der Waals surface area contributed by atoms with Crippen LogP contribution in [0.3, 0.4) is 0 Å². The molecule has 0 saturated carbocycles. The lowest BCUT2D eigenvalue weighted by Gasteiger charge is -2.18. The highest BCUT2D eigenvalue weighted by Crippen LogP contribution is 2.22. The van der Waals surface area contributed by atoms with E-state index >= 15 is 0 Å². The number of fused-ring (bicyclic) bond motifs is 1. The van der Waals surface area contributed by atoms with Crippen molar-refractivity contribution >= 4 is 23.2 Å². The predicted octanol–water partition coefficient (Wildman–Crippen LogP) is 2.38. The van der Waals surface area contributed by atoms with E-state index in [9.17, 15) is 4.79 Å². The molecule has 1 heterocycles. The van der Waals surface area contributed by atoms with Gasteiger partial charge in [0.1, 0.15) is 0 Å². The minimum atomic E-state index is -0.116. The van der Waals surface area contributed by atoms with E-state index in [4.69, 9.17) is 0 Å². The van der Waals surface area contributed by atoms with Crippen LogP contribution in [-0.4, -0.2) is 23.9 Å². The number of nitrogens with zero attached hydrogens (tertiary/aromatic N) is 2. The molecule has 0 unspecified atom stereocenters. The molecule has 0 aromatic heterocycles. The first kappa shape index (κ1) is 12.2. The summed E-state index contributed by atoms with van der Waals surface area (Å²) in [5, 5.41) is 4.57. The van der Waals surface area contributed by atoms with Crippen molar-refractivity contribution < 1.29 is 4.79 Å². The Balaban J connectivity index is 1.97. The summed E-state index contributed by atoms with van der Waals surface area (Å²) in [5.41, 5.74) is 5.07. The molecule has 2 aromatic carbocycles. The number of benzene rings is 2. The van der Waals surface area contributed by atoms with Crippen LogP contribution in [0.25, 0.3) is 0 Å². The van der Waals surface area contributed by atoms with E-state index < -0.39 is 0 Å². The monoisotopic (exact) mass is 266 g/mol. The molecule has 2 aromatic rings. The molecule has 0 fully saturated rings. The Morgan fingerprint density at radius 3 is 2.55 bits per heavy atom. The fraction of sp³-hybridized carbons (Fsp3) is 0.0667. The highest BCUT2D eigenvalue weighted by Gasteiger charge is 2.20. The lowest BCUT2D eigenvalue weighted by molar-refractivity contribution is 0.0762. The smallest absolute Gasteiger partial charge is 0.274 e. The van der Waals surface area contributed by atoms with E-state index in [-0.39, 0.29) is 5.91 Å². The first-order chi connectivity index (χ1) is 9.74. The zero-order chi connectivity index (χ0) is 13.9. The minimum Gasteiger partial charge on any atom is -0.325 e. The van der Waals surface area contributed by atoms with Gasteiger partial charge >= 0.3 is 0 Å². The molecule has 5 nitrogen and oxygen atoms in total. The van der Waals surface area contributed by atoms with Crippen LogP contribution in [0, 0.1) is 0 Å². The molecular formula is C15H14N4O. The Morgan fingerprint density at radius 1 is 1.05 bits per heavy atom. The number of hydrogen-bond donors (Lipinski definition) is 2. The number of aliphatic imine (C=N–C) groups is 1. The summed E-state index contributed by atoms with van der Waals surface area (Å²) in [6.45, 7) is 0. The summed E-state index contributed by atoms with van der Waals surface area (Å²) in [5.74, 6) is 0.395. The molecule has 1 aliphatic heterocycles. The van der Waals surface area contributed by atoms with Crippen molar-refractivity contribution in [2.24, 2.45) is 4.99 Å². The van der Waals surface area contributed by atoms with Crippen LogP contribution in [0.15, 0.2) is 59.6 Å². The maximum Gasteiger partial charge on any atom is 0.274 e. The van der Waals surface area contributed by atoms with Crippen molar-refractivity contribution in [3.63, 3.8) is 0 Å². The number of carbonyl (C=O) groups is 1. The number of hydrogen-bond acceptors (Lipinski definition) is 4. The van der Waals surface area contributed by atoms with Crippen LogP contribution in [-0.2, 0) is 0 Å². The first-order valence-corrected chi connectivity index (χ1v) is 6.28. The fourth-order valence-electron chi connectivity index (χ4n) is 2.00. The quantitative estimate of drug-likeness (QED) is 0.833. The van der Waals surface area contributed by atoms with E-state index in [1.165, 1.54) is 5.01 Å². The maximum atomic E-state index is 12.2. The topological polar surface area (TPSA) is 56.7 Å². The van der Waals surface area contributed by atoms with Gasteiger partial charge in [-0.05, 0) is 24.3 Å². The molecule has 20 heavy (non-hydrogen) atoms. The van der Waals surface area contributed by atoms with E-state index in [0.717, 1.165) is 5.69 Å². The molecule has 0 spiro atoms. The van der Waals surface area contributed by atoms with Gasteiger partial charge in [0, 0.05) is 12.7 Å². The molecule has 0 bridgehead atoms. The third kappa shape index (κ3) is 2.33. The van der Waals surface area contributed by atoms with Gasteiger partial charge in [-0.25, -0.2) is 4.99 Å². The lowest BCUT2D eigenvalue weighted by atomic mass is 10.1. The number of para-hydroxylation sites is 2. The largest absolute Gasteiger partial charge is 0.325 e. The maximum absolute atomic E-state index is 12.2. The standard InChI is InChI=1S/C15H14N4O/c1-19-14(20)12-9-5-6-10-13(12)17-15(18-19)16-11-7-3-2-4-8-11/h2-10H,1H3,(H2,16,17,18). The van der Waals surface area contributed by atoms with Crippen molar-refractivity contribution in [2.45, 2.75) is 0 Å². The molecule has 0 atom stereocenters. The highest BCUT2D eigenvalue weighted by atomic mass is 16.2. The van der Waals surface area contributed by atoms with Crippen LogP contribution in [0.5, 0.6) is 0 Å². The van der Waals surface area contributed by atoms with Crippen molar-refractivity contribution in [1.82, 2.24) is 10.4 Å². The van der Waals surface area contributed by atoms with Gasteiger partial charge in [-0.3, -0.25) is 15.2 Å². The molecule has 5 heteroatoms. The number of rotatable bonds is 1. The highest BCUT2D eigenvalue weighted by molar-refractivity contribution is 6.05. The van der Waals surface area contributed by atoms with Gasteiger partial charge in [-0.1, -0.05) is 30.3 Å². The van der Waals surface area contributed by atoms with Crippen molar-refractivity contribution in [3.05, 3.63) is 60.2 Å². The van der Waals surface area contributed by atoms with E-state index in [1.807, 2.05) is 48.5 Å². The molecule has 100 valence electrons. The van der Waals surface area contributed by atoms with Crippen LogP contribution >= 0.6 is 0 Å². The van der Waals surface area contributed by atoms with Crippen molar-refractivity contribution in [3.8, 4) is 0 Å². The summed E-state index contributed by atoms with van der Waals surface area (Å²) in [7, 11) is 1.67. The summed E-state index contributed by atoms with van der Waals surface area (Å²) >= 11 is 0. The Morgan fingerprint density at radius 2 is 1.75 bits per heavy atom. The van der Waals surface area contributed by atoms with Crippen LogP contribution in [0.2, 0.25) is 0 Å². The number of carbonyl (C=O) groups excluding carboxylic acids is 1. The number of hydrazine groups is 1. The third-order valence-corrected chi connectivity index (χ3v) is 2.98. The molecule has 3 rings (SSSR count). The zero-order valence-electron chi connectivity index (χ0n) is 11.0. The lowest BCUT2D eigenvalue weighted by Crippen LogP contribution is -2.44. The fourth-order valence-corrected chi connectivity index (χ4v) is 2.00. The van der Waals surface area contributed by atoms with Gasteiger partial charge in [0.15, 0.2) is 0 Å². The number of nitrogens with one attached hydrogen (secondary N) is 2. The molecule has 1 amide bonds. The van der Waals surface area contributed by atoms with Gasteiger partial charge in [0.2, 0.25) is 5.96 Å². The average molecular weight is 266 g/mol. The second kappa shape index (κ2) is 5.05. The van der Waals surface area contributed by atoms with Crippen molar-refractivity contribution in [1.29, 1.82) is 0 Å². The van der Waals surface area contributed by atoms with Gasteiger partial charge in [0.05, 0.1) is 11.3 Å². The normalized spacial score (nSPS) is 13.9. The van der Waals surface area contributed by atoms with E-state index in [0.29, 0.717) is 17.2 Å². The van der Waals surface area contributed by atoms with E-state index in [1.54, 1.807) is 13.1 Å². The minimum absolute atomic E-state index is 0.116. The predicted molar refractivity (Wildman–Crippen MR) is 78.8 cm³/mol. The Hall–Kier alpha value is -2.82.